The molecule has 0 aromatic rings. The zero-order valence-corrected chi connectivity index (χ0v) is 4.55. The molecule has 1 fully saturated rings. The molecule has 1 heterocycles. The van der Waals surface area contributed by atoms with E-state index in [0.29, 0.717) is 13.0 Å². The van der Waals surface area contributed by atoms with Crippen molar-refractivity contribution in [3.63, 3.8) is 0 Å². The van der Waals surface area contributed by atoms with Crippen LogP contribution in [0.15, 0.2) is 0 Å². The highest BCUT2D eigenvalue weighted by Gasteiger charge is 2.17. The number of carbonyl (C=O) groups is 1. The molecule has 0 aliphatic carbocycles. The van der Waals surface area contributed by atoms with E-state index in [1.807, 2.05) is 0 Å². The smallest absolute Gasteiger partial charge is 0.163 e. The molecular weight excluding hydrogens is 106 g/mol. The molecule has 3 heteroatoms. The molecule has 0 spiro atoms. The summed E-state index contributed by atoms with van der Waals surface area (Å²) in [6.45, 7) is 1.15. The Balaban J connectivity index is 2.39. The van der Waals surface area contributed by atoms with Crippen molar-refractivity contribution in [1.82, 2.24) is 5.32 Å². The van der Waals surface area contributed by atoms with Gasteiger partial charge >= 0.3 is 0 Å². The minimum absolute atomic E-state index is 0.0382. The Morgan fingerprint density at radius 3 is 2.88 bits per heavy atom. The maximum absolute atomic E-state index is 10.5. The fraction of sp³-hybridized carbons (Fsp3) is 0.800. The molecule has 0 saturated carbocycles. The van der Waals surface area contributed by atoms with Crippen molar-refractivity contribution in [3.8, 4) is 0 Å². The van der Waals surface area contributed by atoms with Crippen molar-refractivity contribution < 1.29 is 9.90 Å². The van der Waals surface area contributed by atoms with E-state index in [2.05, 4.69) is 5.32 Å². The zero-order chi connectivity index (χ0) is 5.98. The van der Waals surface area contributed by atoms with Crippen LogP contribution in [0.2, 0.25) is 0 Å². The van der Waals surface area contributed by atoms with Gasteiger partial charge in [0.05, 0.1) is 0 Å². The number of Topliss-reactive ketones (excluding diaryl/α,β-unsaturated/α-hetero) is 1. The van der Waals surface area contributed by atoms with Gasteiger partial charge < -0.3 is 10.4 Å². The Labute approximate surface area is 47.7 Å². The van der Waals surface area contributed by atoms with Crippen LogP contribution >= 0.6 is 0 Å². The van der Waals surface area contributed by atoms with Crippen LogP contribution in [0, 0.1) is 0 Å². The summed E-state index contributed by atoms with van der Waals surface area (Å²) < 4.78 is 0. The molecule has 1 aliphatic heterocycles. The van der Waals surface area contributed by atoms with E-state index >= 15 is 0 Å². The lowest BCUT2D eigenvalue weighted by Gasteiger charge is -2.15. The molecule has 0 radical (unpaired) electrons. The highest BCUT2D eigenvalue weighted by atomic mass is 16.3. The van der Waals surface area contributed by atoms with E-state index < -0.39 is 6.10 Å². The summed E-state index contributed by atoms with van der Waals surface area (Å²) in [5.41, 5.74) is 0. The predicted octanol–water partition coefficient (Wildman–Crippen LogP) is -1.09. The second-order valence-electron chi connectivity index (χ2n) is 1.94. The van der Waals surface area contributed by atoms with Gasteiger partial charge in [0.15, 0.2) is 5.78 Å². The highest BCUT2D eigenvalue weighted by Crippen LogP contribution is 1.94. The number of β-amino-alcohol motifs (C(OH)–C–C–N with tert-alkyl or cyclic N) is 1. The van der Waals surface area contributed by atoms with Crippen LogP contribution in [0.25, 0.3) is 0 Å². The van der Waals surface area contributed by atoms with E-state index in [4.69, 9.17) is 5.11 Å². The normalized spacial score (nSPS) is 30.6. The van der Waals surface area contributed by atoms with Gasteiger partial charge in [0.25, 0.3) is 0 Å². The lowest BCUT2D eigenvalue weighted by molar-refractivity contribution is -0.128. The third-order valence-corrected chi connectivity index (χ3v) is 1.26. The van der Waals surface area contributed by atoms with Gasteiger partial charge in [0.2, 0.25) is 0 Å². The fourth-order valence-corrected chi connectivity index (χ4v) is 0.731. The monoisotopic (exact) mass is 115 g/mol. The molecule has 3 nitrogen and oxygen atoms in total. The van der Waals surface area contributed by atoms with Crippen molar-refractivity contribution in [2.24, 2.45) is 0 Å². The molecule has 1 rings (SSSR count). The van der Waals surface area contributed by atoms with Gasteiger partial charge in [-0.15, -0.1) is 0 Å². The summed E-state index contributed by atoms with van der Waals surface area (Å²) in [6.07, 6.45) is -0.273. The first kappa shape index (κ1) is 5.72. The molecule has 0 aromatic heterocycles. The fourth-order valence-electron chi connectivity index (χ4n) is 0.731. The van der Waals surface area contributed by atoms with E-state index in [0.717, 1.165) is 6.54 Å². The van der Waals surface area contributed by atoms with Crippen LogP contribution in [0.4, 0.5) is 0 Å². The van der Waals surface area contributed by atoms with Crippen LogP contribution in [0.3, 0.4) is 0 Å². The van der Waals surface area contributed by atoms with Gasteiger partial charge in [0, 0.05) is 19.5 Å². The first-order valence-corrected chi connectivity index (χ1v) is 2.72. The van der Waals surface area contributed by atoms with Gasteiger partial charge in [-0.2, -0.15) is 0 Å². The Bertz CT molecular complexity index is 103. The van der Waals surface area contributed by atoms with Gasteiger partial charge in [-0.05, 0) is 0 Å². The minimum Gasteiger partial charge on any atom is -0.384 e. The van der Waals surface area contributed by atoms with E-state index in [9.17, 15) is 4.79 Å². The molecule has 1 saturated heterocycles. The molecule has 2 N–H and O–H groups in total. The second kappa shape index (κ2) is 2.24. The molecule has 0 bridgehead atoms. The summed E-state index contributed by atoms with van der Waals surface area (Å²) in [7, 11) is 0. The van der Waals surface area contributed by atoms with Crippen molar-refractivity contribution in [1.29, 1.82) is 0 Å². The standard InChI is InChI=1S/C5H9NO2/c7-4-1-2-6-3-5(4)8/h5-6,8H,1-3H2/t5-/m1/s1. The minimum atomic E-state index is -0.747. The molecule has 0 unspecified atom stereocenters. The summed E-state index contributed by atoms with van der Waals surface area (Å²) in [5, 5.41) is 11.7. The number of carbonyl (C=O) groups excluding carboxylic acids is 1. The SMILES string of the molecule is O=C1CCNC[C@H]1O. The average molecular weight is 115 g/mol. The van der Waals surface area contributed by atoms with Crippen molar-refractivity contribution in [3.05, 3.63) is 0 Å². The van der Waals surface area contributed by atoms with Gasteiger partial charge in [-0.3, -0.25) is 4.79 Å². The maximum Gasteiger partial charge on any atom is 0.163 e. The third-order valence-electron chi connectivity index (χ3n) is 1.26. The quantitative estimate of drug-likeness (QED) is 0.421. The maximum atomic E-state index is 10.5. The van der Waals surface area contributed by atoms with Gasteiger partial charge in [-0.1, -0.05) is 0 Å². The van der Waals surface area contributed by atoms with Crippen LogP contribution in [0.5, 0.6) is 0 Å². The molecule has 8 heavy (non-hydrogen) atoms. The summed E-state index contributed by atoms with van der Waals surface area (Å²) in [4.78, 5) is 10.5. The topological polar surface area (TPSA) is 49.3 Å². The van der Waals surface area contributed by atoms with E-state index in [1.165, 1.54) is 0 Å². The van der Waals surface area contributed by atoms with Gasteiger partial charge in [0.1, 0.15) is 6.10 Å². The molecule has 1 aliphatic rings. The number of hydrogen-bond donors (Lipinski definition) is 2. The number of piperidine rings is 1. The number of hydrogen-bond acceptors (Lipinski definition) is 3. The first-order valence-electron chi connectivity index (χ1n) is 2.72. The average Bonchev–Trinajstić information content (AvgIpc) is 1.77. The van der Waals surface area contributed by atoms with Crippen molar-refractivity contribution in [2.75, 3.05) is 13.1 Å². The Morgan fingerprint density at radius 2 is 2.50 bits per heavy atom. The third kappa shape index (κ3) is 1.05. The number of aliphatic hydroxyl groups is 1. The Hall–Kier alpha value is -0.410. The van der Waals surface area contributed by atoms with E-state index in [-0.39, 0.29) is 5.78 Å². The first-order chi connectivity index (χ1) is 3.80. The number of rotatable bonds is 0. The lowest BCUT2D eigenvalue weighted by atomic mass is 10.1. The number of aliphatic hydroxyl groups excluding tert-OH is 1. The van der Waals surface area contributed by atoms with Crippen LogP contribution in [-0.4, -0.2) is 30.1 Å². The van der Waals surface area contributed by atoms with Crippen LogP contribution < -0.4 is 5.32 Å². The van der Waals surface area contributed by atoms with Crippen LogP contribution in [-0.2, 0) is 4.79 Å². The zero-order valence-electron chi connectivity index (χ0n) is 4.55. The molecule has 46 valence electrons. The second-order valence-corrected chi connectivity index (χ2v) is 1.94. The Morgan fingerprint density at radius 1 is 1.75 bits per heavy atom. The van der Waals surface area contributed by atoms with Gasteiger partial charge in [-0.25, -0.2) is 0 Å². The lowest BCUT2D eigenvalue weighted by Crippen LogP contribution is -2.40. The largest absolute Gasteiger partial charge is 0.384 e. The molecule has 0 aromatic carbocycles. The molecule has 0 amide bonds. The number of ketones is 1. The van der Waals surface area contributed by atoms with E-state index in [1.54, 1.807) is 0 Å². The van der Waals surface area contributed by atoms with Crippen molar-refractivity contribution in [2.45, 2.75) is 12.5 Å². The molecule has 1 atom stereocenters. The summed E-state index contributed by atoms with van der Waals surface area (Å²) >= 11 is 0. The Kier molecular flexibility index (Phi) is 1.60. The van der Waals surface area contributed by atoms with Crippen molar-refractivity contribution >= 4 is 5.78 Å². The predicted molar refractivity (Wildman–Crippen MR) is 28.5 cm³/mol. The molecular formula is C5H9NO2. The highest BCUT2D eigenvalue weighted by molar-refractivity contribution is 5.83. The summed E-state index contributed by atoms with van der Waals surface area (Å²) in [5.74, 6) is -0.0382. The summed E-state index contributed by atoms with van der Waals surface area (Å²) in [6, 6.07) is 0. The van der Waals surface area contributed by atoms with Crippen LogP contribution in [0.1, 0.15) is 6.42 Å². The number of nitrogens with one attached hydrogen (secondary N) is 1.